The second-order valence-corrected chi connectivity index (χ2v) is 8.11. The average Bonchev–Trinajstić information content (AvgIpc) is 2.77. The Kier molecular flexibility index (Phi) is 6.50. The first-order chi connectivity index (χ1) is 14.4. The normalized spacial score (nSPS) is 29.9. The zero-order chi connectivity index (χ0) is 21.1. The van der Waals surface area contributed by atoms with Crippen LogP contribution in [0.5, 0.6) is 0 Å². The Morgan fingerprint density at radius 1 is 1.17 bits per heavy atom. The Morgan fingerprint density at radius 3 is 2.63 bits per heavy atom. The summed E-state index contributed by atoms with van der Waals surface area (Å²) in [5.41, 5.74) is -0.0911. The molecule has 30 heavy (non-hydrogen) atoms. The van der Waals surface area contributed by atoms with Gasteiger partial charge in [0, 0.05) is 51.9 Å². The van der Waals surface area contributed by atoms with Crippen molar-refractivity contribution in [2.24, 2.45) is 4.99 Å². The average molecular weight is 425 g/mol. The summed E-state index contributed by atoms with van der Waals surface area (Å²) in [6.45, 7) is 10.6. The van der Waals surface area contributed by atoms with E-state index in [1.807, 2.05) is 6.92 Å². The van der Waals surface area contributed by atoms with Crippen LogP contribution in [0.3, 0.4) is 0 Å². The van der Waals surface area contributed by atoms with Gasteiger partial charge in [0.25, 0.3) is 0 Å². The van der Waals surface area contributed by atoms with Gasteiger partial charge in [-0.05, 0) is 24.6 Å². The lowest BCUT2D eigenvalue weighted by molar-refractivity contribution is -0.137. The van der Waals surface area contributed by atoms with Gasteiger partial charge in [-0.2, -0.15) is 13.2 Å². The molecule has 4 aliphatic rings. The van der Waals surface area contributed by atoms with Crippen LogP contribution in [-0.2, 0) is 10.9 Å². The van der Waals surface area contributed by atoms with Crippen LogP contribution in [0.4, 0.5) is 13.2 Å². The van der Waals surface area contributed by atoms with Crippen molar-refractivity contribution in [3.05, 3.63) is 35.4 Å². The fourth-order valence-electron chi connectivity index (χ4n) is 4.47. The number of halogens is 3. The Labute approximate surface area is 175 Å². The molecule has 1 aromatic carbocycles. The highest BCUT2D eigenvalue weighted by Crippen LogP contribution is 2.32. The third-order valence-electron chi connectivity index (χ3n) is 6.13. The van der Waals surface area contributed by atoms with Gasteiger partial charge in [-0.25, -0.2) is 0 Å². The highest BCUT2D eigenvalue weighted by Gasteiger charge is 2.33. The van der Waals surface area contributed by atoms with Gasteiger partial charge < -0.3 is 15.0 Å². The van der Waals surface area contributed by atoms with E-state index in [9.17, 15) is 13.2 Å². The fourth-order valence-corrected chi connectivity index (χ4v) is 4.47. The van der Waals surface area contributed by atoms with Crippen LogP contribution >= 0.6 is 0 Å². The number of piperazine rings is 3. The lowest BCUT2D eigenvalue weighted by Crippen LogP contribution is -2.62. The van der Waals surface area contributed by atoms with Crippen molar-refractivity contribution in [1.29, 1.82) is 0 Å². The molecule has 0 spiro atoms. The Bertz CT molecular complexity index is 748. The van der Waals surface area contributed by atoms with Gasteiger partial charge in [0.2, 0.25) is 0 Å². The molecular weight excluding hydrogens is 395 g/mol. The van der Waals surface area contributed by atoms with Crippen LogP contribution in [0.15, 0.2) is 29.3 Å². The standard InChI is InChI=1S/C21H30F3N5O/c1-2-25-20(26-13-18-14-27-6-8-28(18)9-7-27)29-10-11-30-19(15-29)16-4-3-5-17(12-16)21(22,23)24/h3-5,12,18-19H,2,6-11,13-15H2,1H3,(H,25,26). The second-order valence-electron chi connectivity index (χ2n) is 8.11. The number of hydrogen-bond acceptors (Lipinski definition) is 4. The summed E-state index contributed by atoms with van der Waals surface area (Å²) in [5.74, 6) is 0.815. The highest BCUT2D eigenvalue weighted by molar-refractivity contribution is 5.80. The van der Waals surface area contributed by atoms with E-state index in [1.165, 1.54) is 12.1 Å². The zero-order valence-electron chi connectivity index (χ0n) is 17.4. The van der Waals surface area contributed by atoms with Crippen LogP contribution in [0.25, 0.3) is 0 Å². The number of aliphatic imine (C=N–C) groups is 1. The minimum atomic E-state index is -4.36. The number of nitrogens with one attached hydrogen (secondary N) is 1. The summed E-state index contributed by atoms with van der Waals surface area (Å²) in [4.78, 5) is 12.0. The highest BCUT2D eigenvalue weighted by atomic mass is 19.4. The van der Waals surface area contributed by atoms with Gasteiger partial charge in [0.1, 0.15) is 6.10 Å². The topological polar surface area (TPSA) is 43.3 Å². The smallest absolute Gasteiger partial charge is 0.370 e. The van der Waals surface area contributed by atoms with Crippen molar-refractivity contribution in [1.82, 2.24) is 20.0 Å². The van der Waals surface area contributed by atoms with Crippen LogP contribution < -0.4 is 5.32 Å². The zero-order valence-corrected chi connectivity index (χ0v) is 17.4. The number of guanidine groups is 1. The minimum Gasteiger partial charge on any atom is -0.370 e. The molecule has 0 aliphatic carbocycles. The monoisotopic (exact) mass is 425 g/mol. The van der Waals surface area contributed by atoms with E-state index in [-0.39, 0.29) is 0 Å². The first kappa shape index (κ1) is 21.4. The maximum Gasteiger partial charge on any atom is 0.416 e. The number of alkyl halides is 3. The SMILES string of the molecule is CCNC(=NCC1CN2CCN1CC2)N1CCOC(c2cccc(C(F)(F)F)c2)C1. The number of rotatable bonds is 4. The molecule has 2 bridgehead atoms. The molecule has 4 aliphatic heterocycles. The van der Waals surface area contributed by atoms with E-state index < -0.39 is 17.8 Å². The second kappa shape index (κ2) is 9.11. The number of morpholine rings is 1. The maximum atomic E-state index is 13.1. The molecule has 0 amide bonds. The van der Waals surface area contributed by atoms with Crippen molar-refractivity contribution in [3.8, 4) is 0 Å². The molecular formula is C21H30F3N5O. The Hall–Kier alpha value is -1.84. The molecule has 1 N–H and O–H groups in total. The van der Waals surface area contributed by atoms with E-state index >= 15 is 0 Å². The number of ether oxygens (including phenoxy) is 1. The summed E-state index contributed by atoms with van der Waals surface area (Å²) in [6, 6.07) is 5.87. The van der Waals surface area contributed by atoms with Crippen molar-refractivity contribution in [2.45, 2.75) is 25.2 Å². The minimum absolute atomic E-state index is 0.412. The van der Waals surface area contributed by atoms with Crippen LogP contribution in [0.1, 0.15) is 24.2 Å². The first-order valence-electron chi connectivity index (χ1n) is 10.7. The van der Waals surface area contributed by atoms with Crippen molar-refractivity contribution in [2.75, 3.05) is 65.5 Å². The number of nitrogens with zero attached hydrogens (tertiary/aromatic N) is 4. The molecule has 2 unspecified atom stereocenters. The van der Waals surface area contributed by atoms with E-state index in [0.717, 1.165) is 57.8 Å². The van der Waals surface area contributed by atoms with Gasteiger partial charge in [-0.1, -0.05) is 12.1 Å². The van der Waals surface area contributed by atoms with Crippen LogP contribution in [-0.4, -0.2) is 92.2 Å². The molecule has 0 saturated carbocycles. The van der Waals surface area contributed by atoms with Crippen LogP contribution in [0, 0.1) is 0 Å². The number of benzene rings is 1. The molecule has 6 nitrogen and oxygen atoms in total. The molecule has 166 valence electrons. The van der Waals surface area contributed by atoms with Crippen LogP contribution in [0.2, 0.25) is 0 Å². The Balaban J connectivity index is 1.45. The summed E-state index contributed by atoms with van der Waals surface area (Å²) in [7, 11) is 0. The molecule has 0 aromatic heterocycles. The third-order valence-corrected chi connectivity index (χ3v) is 6.13. The van der Waals surface area contributed by atoms with E-state index in [0.29, 0.717) is 31.3 Å². The maximum absolute atomic E-state index is 13.1. The van der Waals surface area contributed by atoms with E-state index in [2.05, 4.69) is 20.0 Å². The molecule has 5 rings (SSSR count). The van der Waals surface area contributed by atoms with Crippen molar-refractivity contribution in [3.63, 3.8) is 0 Å². The Morgan fingerprint density at radius 2 is 1.97 bits per heavy atom. The van der Waals surface area contributed by atoms with Gasteiger partial charge >= 0.3 is 6.18 Å². The lowest BCUT2D eigenvalue weighted by atomic mass is 10.0. The summed E-state index contributed by atoms with van der Waals surface area (Å²) in [6.07, 6.45) is -4.77. The number of hydrogen-bond donors (Lipinski definition) is 1. The quantitative estimate of drug-likeness (QED) is 0.591. The molecule has 1 aromatic rings. The molecule has 4 fully saturated rings. The predicted octanol–water partition coefficient (Wildman–Crippen LogP) is 2.04. The first-order valence-corrected chi connectivity index (χ1v) is 10.7. The van der Waals surface area contributed by atoms with E-state index in [4.69, 9.17) is 9.73 Å². The fraction of sp³-hybridized carbons (Fsp3) is 0.667. The summed E-state index contributed by atoms with van der Waals surface area (Å²) < 4.78 is 45.1. The van der Waals surface area contributed by atoms with Crippen molar-refractivity contribution >= 4 is 5.96 Å². The van der Waals surface area contributed by atoms with E-state index in [1.54, 1.807) is 6.07 Å². The molecule has 9 heteroatoms. The van der Waals surface area contributed by atoms with Gasteiger partial charge in [0.15, 0.2) is 5.96 Å². The van der Waals surface area contributed by atoms with Gasteiger partial charge in [-0.3, -0.25) is 14.8 Å². The largest absolute Gasteiger partial charge is 0.416 e. The summed E-state index contributed by atoms with van der Waals surface area (Å²) >= 11 is 0. The number of fused-ring (bicyclic) bond motifs is 3. The molecule has 4 heterocycles. The summed E-state index contributed by atoms with van der Waals surface area (Å²) in [5, 5.41) is 3.35. The van der Waals surface area contributed by atoms with Gasteiger partial charge in [0.05, 0.1) is 25.3 Å². The third kappa shape index (κ3) is 4.90. The van der Waals surface area contributed by atoms with Gasteiger partial charge in [-0.15, -0.1) is 0 Å². The molecule has 2 atom stereocenters. The predicted molar refractivity (Wildman–Crippen MR) is 109 cm³/mol. The molecule has 0 radical (unpaired) electrons. The van der Waals surface area contributed by atoms with Crippen molar-refractivity contribution < 1.29 is 17.9 Å². The lowest BCUT2D eigenvalue weighted by Gasteiger charge is -2.47. The molecule has 4 saturated heterocycles.